The molecule has 0 aliphatic heterocycles. The van der Waals surface area contributed by atoms with Crippen LogP contribution in [0.1, 0.15) is 30.0 Å². The molecule has 0 fully saturated rings. The van der Waals surface area contributed by atoms with Crippen LogP contribution in [0.15, 0.2) is 36.4 Å². The first kappa shape index (κ1) is 24.0. The number of benzene rings is 2. The maximum absolute atomic E-state index is 12.8. The van der Waals surface area contributed by atoms with Gasteiger partial charge < -0.3 is 10.1 Å². The number of hydrogen-bond donors (Lipinski definition) is 1. The van der Waals surface area contributed by atoms with Crippen molar-refractivity contribution in [1.29, 1.82) is 0 Å². The van der Waals surface area contributed by atoms with Gasteiger partial charge in [0.2, 0.25) is 15.9 Å². The summed E-state index contributed by atoms with van der Waals surface area (Å²) in [5.74, 6) is 0.245. The first-order valence-electron chi connectivity index (χ1n) is 9.78. The molecule has 0 heterocycles. The first-order chi connectivity index (χ1) is 14.0. The summed E-state index contributed by atoms with van der Waals surface area (Å²) in [4.78, 5) is 12.8. The Hall–Kier alpha value is -2.25. The second-order valence-electron chi connectivity index (χ2n) is 7.32. The largest absolute Gasteiger partial charge is 0.492 e. The van der Waals surface area contributed by atoms with Crippen molar-refractivity contribution in [2.45, 2.75) is 40.2 Å². The summed E-state index contributed by atoms with van der Waals surface area (Å²) in [5, 5.41) is 3.39. The average Bonchev–Trinajstić information content (AvgIpc) is 2.67. The number of sulfonamides is 1. The minimum absolute atomic E-state index is 0.240. The van der Waals surface area contributed by atoms with E-state index in [-0.39, 0.29) is 19.1 Å². The molecule has 1 amide bonds. The molecule has 0 unspecified atom stereocenters. The smallest absolute Gasteiger partial charge is 0.244 e. The number of carbonyl (C=O) groups is 1. The van der Waals surface area contributed by atoms with Crippen molar-refractivity contribution in [3.63, 3.8) is 0 Å². The van der Waals surface area contributed by atoms with Gasteiger partial charge in [0.05, 0.1) is 18.5 Å². The minimum Gasteiger partial charge on any atom is -0.492 e. The molecule has 2 rings (SSSR count). The van der Waals surface area contributed by atoms with Gasteiger partial charge in [0.15, 0.2) is 0 Å². The van der Waals surface area contributed by atoms with Crippen LogP contribution < -0.4 is 14.4 Å². The topological polar surface area (TPSA) is 75.7 Å². The summed E-state index contributed by atoms with van der Waals surface area (Å²) < 4.78 is 32.0. The molecule has 0 saturated carbocycles. The molecule has 2 aromatic carbocycles. The second-order valence-corrected chi connectivity index (χ2v) is 9.59. The zero-order chi connectivity index (χ0) is 22.5. The first-order valence-corrected chi connectivity index (χ1v) is 12.0. The Morgan fingerprint density at radius 1 is 1.13 bits per heavy atom. The van der Waals surface area contributed by atoms with Crippen molar-refractivity contribution < 1.29 is 17.9 Å². The predicted octanol–water partition coefficient (Wildman–Crippen LogP) is 4.01. The lowest BCUT2D eigenvalue weighted by atomic mass is 10.1. The summed E-state index contributed by atoms with van der Waals surface area (Å²) in [6.07, 6.45) is 1.45. The Morgan fingerprint density at radius 2 is 1.80 bits per heavy atom. The van der Waals surface area contributed by atoms with Crippen molar-refractivity contribution >= 4 is 33.2 Å². The van der Waals surface area contributed by atoms with Crippen molar-refractivity contribution in [3.8, 4) is 5.75 Å². The summed E-state index contributed by atoms with van der Waals surface area (Å²) in [6, 6.07) is 10.1. The molecule has 0 aliphatic rings. The highest BCUT2D eigenvalue weighted by atomic mass is 35.5. The van der Waals surface area contributed by atoms with Gasteiger partial charge in [-0.3, -0.25) is 9.10 Å². The summed E-state index contributed by atoms with van der Waals surface area (Å²) in [5.41, 5.74) is 3.18. The van der Waals surface area contributed by atoms with Crippen LogP contribution in [0.25, 0.3) is 0 Å². The molecule has 2 aromatic rings. The number of rotatable bonds is 9. The van der Waals surface area contributed by atoms with Gasteiger partial charge in [0, 0.05) is 5.02 Å². The fraction of sp³-hybridized carbons (Fsp3) is 0.409. The molecular weight excluding hydrogens is 424 g/mol. The number of carbonyl (C=O) groups excluding carboxylic acids is 1. The number of nitrogens with one attached hydrogen (secondary N) is 1. The van der Waals surface area contributed by atoms with Gasteiger partial charge in [0.1, 0.15) is 18.4 Å². The number of hydrogen-bond acceptors (Lipinski definition) is 4. The maximum Gasteiger partial charge on any atom is 0.244 e. The Kier molecular flexibility index (Phi) is 8.15. The second kappa shape index (κ2) is 10.2. The molecule has 8 heteroatoms. The highest BCUT2D eigenvalue weighted by molar-refractivity contribution is 7.92. The van der Waals surface area contributed by atoms with Crippen molar-refractivity contribution in [1.82, 2.24) is 5.32 Å². The number of halogens is 1. The number of ether oxygens (including phenoxy) is 1. The predicted molar refractivity (Wildman–Crippen MR) is 122 cm³/mol. The van der Waals surface area contributed by atoms with Crippen molar-refractivity contribution in [2.24, 2.45) is 0 Å². The number of anilines is 1. The number of amides is 1. The third-order valence-electron chi connectivity index (χ3n) is 4.75. The number of aryl methyl sites for hydroxylation is 3. The monoisotopic (exact) mass is 452 g/mol. The SMILES string of the molecule is CC[C@@H](C(=O)NCCOc1ccc(C)c(Cl)c1)N(c1cc(C)ccc1C)S(C)(=O)=O. The van der Waals surface area contributed by atoms with E-state index < -0.39 is 16.1 Å². The van der Waals surface area contributed by atoms with E-state index >= 15 is 0 Å². The van der Waals surface area contributed by atoms with Crippen LogP contribution in [0.4, 0.5) is 5.69 Å². The van der Waals surface area contributed by atoms with Crippen LogP contribution in [0.5, 0.6) is 5.75 Å². The quantitative estimate of drug-likeness (QED) is 0.583. The van der Waals surface area contributed by atoms with E-state index in [0.717, 1.165) is 22.9 Å². The van der Waals surface area contributed by atoms with E-state index in [4.69, 9.17) is 16.3 Å². The summed E-state index contributed by atoms with van der Waals surface area (Å²) in [6.45, 7) is 7.89. The molecule has 0 aromatic heterocycles. The van der Waals surface area contributed by atoms with Gasteiger partial charge in [-0.1, -0.05) is 36.7 Å². The Morgan fingerprint density at radius 3 is 2.40 bits per heavy atom. The number of nitrogens with zero attached hydrogens (tertiary/aromatic N) is 1. The van der Waals surface area contributed by atoms with Gasteiger partial charge in [0.25, 0.3) is 0 Å². The molecule has 0 saturated heterocycles. The molecule has 0 bridgehead atoms. The van der Waals surface area contributed by atoms with Crippen LogP contribution in [-0.2, 0) is 14.8 Å². The lowest BCUT2D eigenvalue weighted by Crippen LogP contribution is -2.50. The molecule has 0 spiro atoms. The lowest BCUT2D eigenvalue weighted by Gasteiger charge is -2.31. The van der Waals surface area contributed by atoms with E-state index in [1.165, 1.54) is 4.31 Å². The van der Waals surface area contributed by atoms with E-state index in [1.807, 2.05) is 45.0 Å². The van der Waals surface area contributed by atoms with Crippen LogP contribution in [0, 0.1) is 20.8 Å². The molecular formula is C22H29ClN2O4S. The van der Waals surface area contributed by atoms with E-state index in [2.05, 4.69) is 5.32 Å². The van der Waals surface area contributed by atoms with Gasteiger partial charge in [-0.15, -0.1) is 0 Å². The summed E-state index contributed by atoms with van der Waals surface area (Å²) in [7, 11) is -3.67. The normalized spacial score (nSPS) is 12.3. The van der Waals surface area contributed by atoms with Gasteiger partial charge in [-0.2, -0.15) is 0 Å². The molecule has 1 atom stereocenters. The Labute approximate surface area is 184 Å². The minimum atomic E-state index is -3.67. The van der Waals surface area contributed by atoms with E-state index in [9.17, 15) is 13.2 Å². The van der Waals surface area contributed by atoms with E-state index in [0.29, 0.717) is 22.9 Å². The van der Waals surface area contributed by atoms with Gasteiger partial charge >= 0.3 is 0 Å². The Balaban J connectivity index is 2.10. The van der Waals surface area contributed by atoms with Crippen LogP contribution in [0.3, 0.4) is 0 Å². The van der Waals surface area contributed by atoms with Crippen LogP contribution in [0.2, 0.25) is 5.02 Å². The molecule has 0 radical (unpaired) electrons. The van der Waals surface area contributed by atoms with Gasteiger partial charge in [-0.05, 0) is 62.1 Å². The summed E-state index contributed by atoms with van der Waals surface area (Å²) >= 11 is 6.08. The molecule has 6 nitrogen and oxygen atoms in total. The highest BCUT2D eigenvalue weighted by Crippen LogP contribution is 2.27. The third kappa shape index (κ3) is 6.12. The molecule has 1 N–H and O–H groups in total. The fourth-order valence-electron chi connectivity index (χ4n) is 3.12. The maximum atomic E-state index is 12.8. The zero-order valence-corrected chi connectivity index (χ0v) is 19.6. The van der Waals surface area contributed by atoms with E-state index in [1.54, 1.807) is 19.1 Å². The van der Waals surface area contributed by atoms with Crippen LogP contribution >= 0.6 is 11.6 Å². The Bertz CT molecular complexity index is 1010. The highest BCUT2D eigenvalue weighted by Gasteiger charge is 2.32. The van der Waals surface area contributed by atoms with Crippen LogP contribution in [-0.4, -0.2) is 39.8 Å². The molecule has 0 aliphatic carbocycles. The molecule has 164 valence electrons. The average molecular weight is 453 g/mol. The lowest BCUT2D eigenvalue weighted by molar-refractivity contribution is -0.122. The van der Waals surface area contributed by atoms with Crippen molar-refractivity contribution in [2.75, 3.05) is 23.7 Å². The fourth-order valence-corrected chi connectivity index (χ4v) is 4.55. The molecule has 30 heavy (non-hydrogen) atoms. The van der Waals surface area contributed by atoms with Gasteiger partial charge in [-0.25, -0.2) is 8.42 Å². The third-order valence-corrected chi connectivity index (χ3v) is 6.32. The zero-order valence-electron chi connectivity index (χ0n) is 18.0. The van der Waals surface area contributed by atoms with Crippen molar-refractivity contribution in [3.05, 3.63) is 58.1 Å². The standard InChI is InChI=1S/C22H29ClN2O4S/c1-6-20(25(30(5,27)28)21-13-15(2)7-8-17(21)4)22(26)24-11-12-29-18-10-9-16(3)19(23)14-18/h7-10,13-14,20H,6,11-12H2,1-5H3,(H,24,26)/t20-/m0/s1.